The molecule has 0 saturated carbocycles. The number of aromatic hydroxyl groups is 3. The lowest BCUT2D eigenvalue weighted by Gasteiger charge is -2.18. The molecule has 0 unspecified atom stereocenters. The van der Waals surface area contributed by atoms with Crippen LogP contribution in [0.15, 0.2) is 69.4 Å². The number of ether oxygens (including phenoxy) is 3. The molecule has 0 atom stereocenters. The van der Waals surface area contributed by atoms with E-state index in [1.54, 1.807) is 43.3 Å². The van der Waals surface area contributed by atoms with Crippen LogP contribution in [-0.4, -0.2) is 49.1 Å². The molecule has 44 heavy (non-hydrogen) atoms. The van der Waals surface area contributed by atoms with Gasteiger partial charge in [0, 0.05) is 40.8 Å². The number of carbonyl (C=O) groups is 1. The van der Waals surface area contributed by atoms with Gasteiger partial charge in [-0.3, -0.25) is 9.59 Å². The van der Waals surface area contributed by atoms with E-state index in [1.165, 1.54) is 39.5 Å². The molecule has 1 aliphatic rings. The molecule has 0 radical (unpaired) electrons. The van der Waals surface area contributed by atoms with Gasteiger partial charge in [0.2, 0.25) is 0 Å². The van der Waals surface area contributed by atoms with Crippen molar-refractivity contribution in [1.82, 2.24) is 5.32 Å². The molecule has 6 rings (SSSR count). The molecule has 0 saturated heterocycles. The predicted molar refractivity (Wildman–Crippen MR) is 165 cm³/mol. The van der Waals surface area contributed by atoms with Crippen molar-refractivity contribution in [3.05, 3.63) is 87.3 Å². The Kier molecular flexibility index (Phi) is 7.05. The largest absolute Gasteiger partial charge is 0.507 e. The van der Waals surface area contributed by atoms with Gasteiger partial charge in [-0.2, -0.15) is 0 Å². The molecule has 224 valence electrons. The van der Waals surface area contributed by atoms with Crippen LogP contribution in [0.25, 0.3) is 38.4 Å². The lowest BCUT2D eigenvalue weighted by Crippen LogP contribution is -2.17. The van der Waals surface area contributed by atoms with E-state index in [1.807, 2.05) is 0 Å². The molecule has 0 aliphatic carbocycles. The lowest BCUT2D eigenvalue weighted by molar-refractivity contribution is -0.114. The maximum atomic E-state index is 13.2. The van der Waals surface area contributed by atoms with E-state index >= 15 is 0 Å². The number of amides is 1. The molecule has 0 fully saturated rings. The highest BCUT2D eigenvalue weighted by atomic mass is 16.5. The van der Waals surface area contributed by atoms with E-state index in [4.69, 9.17) is 18.6 Å². The first-order valence-corrected chi connectivity index (χ1v) is 13.7. The Bertz CT molecular complexity index is 2090. The summed E-state index contributed by atoms with van der Waals surface area (Å²) < 4.78 is 22.4. The van der Waals surface area contributed by atoms with Crippen molar-refractivity contribution >= 4 is 33.2 Å². The van der Waals surface area contributed by atoms with Crippen LogP contribution >= 0.6 is 0 Å². The van der Waals surface area contributed by atoms with Crippen LogP contribution in [0.2, 0.25) is 0 Å². The molecule has 10 nitrogen and oxygen atoms in total. The summed E-state index contributed by atoms with van der Waals surface area (Å²) in [5, 5.41) is 36.1. The van der Waals surface area contributed by atoms with Crippen LogP contribution in [0, 0.1) is 6.92 Å². The first kappa shape index (κ1) is 28.5. The van der Waals surface area contributed by atoms with Crippen LogP contribution < -0.4 is 25.0 Å². The van der Waals surface area contributed by atoms with Gasteiger partial charge in [0.15, 0.2) is 16.9 Å². The SMILES string of the molecule is COc1cc(OC)c2c(O)c3c(=O)cc(C)oc3c(-c3cc(C4=C(Cc5ccc(O)c(OC)c5)CNC4=O)ccc3O)c2c1. The normalized spacial score (nSPS) is 13.0. The van der Waals surface area contributed by atoms with Gasteiger partial charge in [-0.15, -0.1) is 0 Å². The summed E-state index contributed by atoms with van der Waals surface area (Å²) in [6.45, 7) is 1.92. The molecule has 2 heterocycles. The molecule has 5 aromatic rings. The number of phenolic OH excluding ortho intramolecular Hbond substituents is 3. The van der Waals surface area contributed by atoms with E-state index in [9.17, 15) is 24.9 Å². The average Bonchev–Trinajstić information content (AvgIpc) is 3.37. The summed E-state index contributed by atoms with van der Waals surface area (Å²) in [6, 6.07) is 14.3. The topological polar surface area (TPSA) is 148 Å². The molecule has 4 aromatic carbocycles. The number of nitrogens with one attached hydrogen (secondary N) is 1. The van der Waals surface area contributed by atoms with E-state index in [2.05, 4.69) is 5.32 Å². The van der Waals surface area contributed by atoms with Crippen molar-refractivity contribution < 1.29 is 38.7 Å². The van der Waals surface area contributed by atoms with Gasteiger partial charge in [-0.1, -0.05) is 12.1 Å². The second-order valence-corrected chi connectivity index (χ2v) is 10.5. The third-order valence-corrected chi connectivity index (χ3v) is 7.83. The van der Waals surface area contributed by atoms with Gasteiger partial charge in [0.05, 0.1) is 26.7 Å². The van der Waals surface area contributed by atoms with Crippen molar-refractivity contribution in [2.24, 2.45) is 0 Å². The Labute approximate surface area is 251 Å². The van der Waals surface area contributed by atoms with Gasteiger partial charge in [0.25, 0.3) is 5.91 Å². The number of methoxy groups -OCH3 is 3. The number of phenols is 3. The van der Waals surface area contributed by atoms with Crippen molar-refractivity contribution in [1.29, 1.82) is 0 Å². The zero-order chi connectivity index (χ0) is 31.3. The summed E-state index contributed by atoms with van der Waals surface area (Å²) in [6.07, 6.45) is 0.397. The summed E-state index contributed by atoms with van der Waals surface area (Å²) >= 11 is 0. The Morgan fingerprint density at radius 2 is 1.59 bits per heavy atom. The zero-order valence-electron chi connectivity index (χ0n) is 24.4. The number of carbonyl (C=O) groups excluding carboxylic acids is 1. The molecular formula is C34H29NO9. The van der Waals surface area contributed by atoms with Crippen LogP contribution in [0.3, 0.4) is 0 Å². The van der Waals surface area contributed by atoms with E-state index < -0.39 is 5.43 Å². The quantitative estimate of drug-likeness (QED) is 0.187. The van der Waals surface area contributed by atoms with Crippen molar-refractivity contribution in [2.75, 3.05) is 27.9 Å². The predicted octanol–water partition coefficient (Wildman–Crippen LogP) is 5.19. The van der Waals surface area contributed by atoms with E-state index in [-0.39, 0.29) is 50.8 Å². The van der Waals surface area contributed by atoms with Crippen molar-refractivity contribution in [3.8, 4) is 45.6 Å². The molecule has 0 spiro atoms. The van der Waals surface area contributed by atoms with E-state index in [0.29, 0.717) is 52.3 Å². The second-order valence-electron chi connectivity index (χ2n) is 10.5. The maximum Gasteiger partial charge on any atom is 0.252 e. The smallest absolute Gasteiger partial charge is 0.252 e. The summed E-state index contributed by atoms with van der Waals surface area (Å²) in [7, 11) is 4.39. The fraction of sp³-hybridized carbons (Fsp3) is 0.176. The summed E-state index contributed by atoms with van der Waals surface area (Å²) in [4.78, 5) is 26.4. The summed E-state index contributed by atoms with van der Waals surface area (Å²) in [5.74, 6) is 0.542. The minimum absolute atomic E-state index is 0.0118. The second kappa shape index (κ2) is 10.9. The summed E-state index contributed by atoms with van der Waals surface area (Å²) in [5.41, 5.74) is 2.74. The average molecular weight is 596 g/mol. The van der Waals surface area contributed by atoms with E-state index in [0.717, 1.165) is 11.1 Å². The minimum atomic E-state index is -0.470. The Balaban J connectivity index is 1.64. The van der Waals surface area contributed by atoms with Gasteiger partial charge >= 0.3 is 0 Å². The molecular weight excluding hydrogens is 566 g/mol. The Morgan fingerprint density at radius 1 is 0.841 bits per heavy atom. The number of rotatable bonds is 7. The highest BCUT2D eigenvalue weighted by molar-refractivity contribution is 6.23. The molecule has 1 aliphatic heterocycles. The first-order chi connectivity index (χ1) is 21.1. The molecule has 10 heteroatoms. The van der Waals surface area contributed by atoms with Crippen LogP contribution in [0.5, 0.6) is 34.5 Å². The number of aryl methyl sites for hydroxylation is 1. The van der Waals surface area contributed by atoms with Gasteiger partial charge in [0.1, 0.15) is 39.7 Å². The van der Waals surface area contributed by atoms with Gasteiger partial charge in [-0.05, 0) is 60.4 Å². The Hall–Kier alpha value is -5.64. The third-order valence-electron chi connectivity index (χ3n) is 7.83. The number of fused-ring (bicyclic) bond motifs is 2. The third kappa shape index (κ3) is 4.60. The molecule has 4 N–H and O–H groups in total. The Morgan fingerprint density at radius 3 is 2.32 bits per heavy atom. The van der Waals surface area contributed by atoms with Gasteiger partial charge < -0.3 is 39.3 Å². The van der Waals surface area contributed by atoms with Gasteiger partial charge in [-0.25, -0.2) is 0 Å². The highest BCUT2D eigenvalue weighted by Crippen LogP contribution is 2.49. The lowest BCUT2D eigenvalue weighted by atomic mass is 9.90. The number of hydrogen-bond acceptors (Lipinski definition) is 9. The fourth-order valence-electron chi connectivity index (χ4n) is 5.82. The monoisotopic (exact) mass is 595 g/mol. The van der Waals surface area contributed by atoms with Crippen LogP contribution in [-0.2, 0) is 11.2 Å². The van der Waals surface area contributed by atoms with Crippen molar-refractivity contribution in [2.45, 2.75) is 13.3 Å². The minimum Gasteiger partial charge on any atom is -0.507 e. The highest BCUT2D eigenvalue weighted by Gasteiger charge is 2.28. The molecule has 0 bridgehead atoms. The standard InChI is InChI=1S/C34H29NO9/c1-16-9-25(38)31-32(39)30-22(13-20(41-2)14-27(30)43-4)29(33(31)44-16)21-12-18(6-8-23(21)36)28-19(15-35-34(28)40)10-17-5-7-24(37)26(11-17)42-3/h5-9,11-14,36-37,39H,10,15H2,1-4H3,(H,35,40). The number of benzene rings is 4. The first-order valence-electron chi connectivity index (χ1n) is 13.7. The van der Waals surface area contributed by atoms with Crippen LogP contribution in [0.4, 0.5) is 0 Å². The number of hydrogen-bond donors (Lipinski definition) is 4. The molecule has 1 aromatic heterocycles. The molecule has 1 amide bonds. The fourth-order valence-corrected chi connectivity index (χ4v) is 5.82. The maximum absolute atomic E-state index is 13.2. The zero-order valence-corrected chi connectivity index (χ0v) is 24.4. The van der Waals surface area contributed by atoms with Crippen molar-refractivity contribution in [3.63, 3.8) is 0 Å². The van der Waals surface area contributed by atoms with Crippen LogP contribution in [0.1, 0.15) is 16.9 Å².